The molecule has 0 aromatic heterocycles. The largest absolute Gasteiger partial charge is 0.481 e. The summed E-state index contributed by atoms with van der Waals surface area (Å²) in [5.74, 6) is 0.182. The number of nitrogens with zero attached hydrogens (tertiary/aromatic N) is 1. The molecule has 0 radical (unpaired) electrons. The molecule has 14 heteroatoms. The van der Waals surface area contributed by atoms with Crippen LogP contribution in [0.5, 0.6) is 0 Å². The van der Waals surface area contributed by atoms with Crippen LogP contribution in [0.25, 0.3) is 0 Å². The van der Waals surface area contributed by atoms with Crippen molar-refractivity contribution in [2.45, 2.75) is 63.5 Å². The van der Waals surface area contributed by atoms with Crippen LogP contribution < -0.4 is 27.2 Å². The molecular weight excluding hydrogens is 505 g/mol. The number of hydrogen-bond donors (Lipinski definition) is 7. The highest BCUT2D eigenvalue weighted by Crippen LogP contribution is 2.15. The zero-order valence-corrected chi connectivity index (χ0v) is 20.8. The van der Waals surface area contributed by atoms with Crippen molar-refractivity contribution in [3.63, 3.8) is 0 Å². The van der Waals surface area contributed by atoms with Crippen molar-refractivity contribution < 1.29 is 43.7 Å². The van der Waals surface area contributed by atoms with Gasteiger partial charge in [0.2, 0.25) is 11.8 Å². The Labute approximate surface area is 218 Å². The van der Waals surface area contributed by atoms with Crippen LogP contribution in [0.3, 0.4) is 0 Å². The van der Waals surface area contributed by atoms with Crippen molar-refractivity contribution in [3.8, 4) is 0 Å². The SMILES string of the molecule is N/C(=C\N(N)c1ccc(CCCC(=O)N[C@H](CC(=O)NC(CCC(=O)O)C(=O)O)C(=O)O)cc1)CCCF. The van der Waals surface area contributed by atoms with Gasteiger partial charge in [0.1, 0.15) is 12.1 Å². The number of carboxylic acids is 3. The van der Waals surface area contributed by atoms with Gasteiger partial charge in [0.05, 0.1) is 18.8 Å². The first-order valence-electron chi connectivity index (χ1n) is 11.8. The number of allylic oxidation sites excluding steroid dienone is 1. The summed E-state index contributed by atoms with van der Waals surface area (Å²) >= 11 is 0. The van der Waals surface area contributed by atoms with Gasteiger partial charge in [-0.25, -0.2) is 15.4 Å². The molecule has 0 aliphatic rings. The van der Waals surface area contributed by atoms with E-state index < -0.39 is 61.3 Å². The van der Waals surface area contributed by atoms with Crippen LogP contribution in [0.15, 0.2) is 36.2 Å². The fourth-order valence-corrected chi connectivity index (χ4v) is 3.31. The molecule has 9 N–H and O–H groups in total. The number of hydrogen-bond acceptors (Lipinski definition) is 8. The molecule has 1 rings (SSSR count). The van der Waals surface area contributed by atoms with Gasteiger partial charge in [0.15, 0.2) is 0 Å². The summed E-state index contributed by atoms with van der Waals surface area (Å²) in [5, 5.41) is 32.7. The number of anilines is 1. The Hall–Kier alpha value is -4.20. The van der Waals surface area contributed by atoms with E-state index in [4.69, 9.17) is 21.8 Å². The number of rotatable bonds is 18. The maximum atomic E-state index is 12.2. The number of nitrogens with two attached hydrogens (primary N) is 2. The number of halogens is 1. The first-order chi connectivity index (χ1) is 17.9. The summed E-state index contributed by atoms with van der Waals surface area (Å²) in [4.78, 5) is 57.6. The Bertz CT molecular complexity index is 1000. The first-order valence-corrected chi connectivity index (χ1v) is 11.8. The van der Waals surface area contributed by atoms with Crippen LogP contribution in [-0.4, -0.2) is 63.8 Å². The number of amides is 2. The molecule has 1 unspecified atom stereocenters. The summed E-state index contributed by atoms with van der Waals surface area (Å²) < 4.78 is 12.2. The van der Waals surface area contributed by atoms with Crippen LogP contribution in [0.1, 0.15) is 50.5 Å². The van der Waals surface area contributed by atoms with Crippen molar-refractivity contribution in [2.24, 2.45) is 11.6 Å². The second-order valence-electron chi connectivity index (χ2n) is 8.48. The van der Waals surface area contributed by atoms with E-state index in [1.165, 1.54) is 11.2 Å². The lowest BCUT2D eigenvalue weighted by molar-refractivity contribution is -0.145. The molecule has 0 saturated carbocycles. The highest BCUT2D eigenvalue weighted by atomic mass is 19.1. The molecule has 1 aromatic rings. The minimum Gasteiger partial charge on any atom is -0.481 e. The molecule has 0 heterocycles. The molecule has 0 spiro atoms. The van der Waals surface area contributed by atoms with Crippen molar-refractivity contribution in [1.29, 1.82) is 0 Å². The van der Waals surface area contributed by atoms with Crippen LogP contribution in [0.2, 0.25) is 0 Å². The van der Waals surface area contributed by atoms with E-state index in [2.05, 4.69) is 10.6 Å². The molecule has 13 nitrogen and oxygen atoms in total. The smallest absolute Gasteiger partial charge is 0.326 e. The van der Waals surface area contributed by atoms with Crippen molar-refractivity contribution in [2.75, 3.05) is 11.7 Å². The summed E-state index contributed by atoms with van der Waals surface area (Å²) in [6.45, 7) is -0.471. The van der Waals surface area contributed by atoms with Gasteiger partial charge in [-0.05, 0) is 49.8 Å². The van der Waals surface area contributed by atoms with E-state index in [0.29, 0.717) is 37.1 Å². The number of aliphatic carboxylic acids is 3. The number of carbonyl (C=O) groups excluding carboxylic acids is 2. The third-order valence-corrected chi connectivity index (χ3v) is 5.31. The third kappa shape index (κ3) is 12.7. The van der Waals surface area contributed by atoms with Gasteiger partial charge in [0, 0.05) is 24.7 Å². The molecule has 0 bridgehead atoms. The predicted octanol–water partition coefficient (Wildman–Crippen LogP) is 0.633. The Morgan fingerprint density at radius 3 is 2.05 bits per heavy atom. The molecule has 0 aliphatic carbocycles. The molecule has 38 heavy (non-hydrogen) atoms. The van der Waals surface area contributed by atoms with Crippen LogP contribution in [0, 0.1) is 0 Å². The standard InChI is InChI=1S/C24H34FN5O8/c25-12-2-4-16(26)14-30(27)17-8-6-15(7-9-17)3-1-5-20(31)29-19(24(37)38)13-21(32)28-18(23(35)36)10-11-22(33)34/h6-9,14,18-19H,1-5,10-13,26-27H2,(H,28,32)(H,29,31)(H,33,34)(H,35,36)(H,37,38)/b16-14-/t18?,19-/m1/s1. The average molecular weight is 540 g/mol. The van der Waals surface area contributed by atoms with E-state index in [1.807, 2.05) is 0 Å². The highest BCUT2D eigenvalue weighted by molar-refractivity contribution is 5.90. The predicted molar refractivity (Wildman–Crippen MR) is 134 cm³/mol. The zero-order chi connectivity index (χ0) is 28.7. The van der Waals surface area contributed by atoms with Gasteiger partial charge in [0.25, 0.3) is 0 Å². The number of alkyl halides is 1. The van der Waals surface area contributed by atoms with Gasteiger partial charge >= 0.3 is 17.9 Å². The molecule has 0 aliphatic heterocycles. The normalized spacial score (nSPS) is 12.7. The molecule has 0 fully saturated rings. The second-order valence-corrected chi connectivity index (χ2v) is 8.48. The van der Waals surface area contributed by atoms with Crippen molar-refractivity contribution >= 4 is 35.4 Å². The molecule has 1 aromatic carbocycles. The topological polar surface area (TPSA) is 225 Å². The molecule has 0 saturated heterocycles. The quantitative estimate of drug-likeness (QED) is 0.101. The molecule has 2 atom stereocenters. The zero-order valence-electron chi connectivity index (χ0n) is 20.8. The maximum absolute atomic E-state index is 12.2. The maximum Gasteiger partial charge on any atom is 0.326 e. The van der Waals surface area contributed by atoms with E-state index in [9.17, 15) is 33.5 Å². The number of carbonyl (C=O) groups is 5. The van der Waals surface area contributed by atoms with E-state index in [0.717, 1.165) is 5.56 Å². The fraction of sp³-hybridized carbons (Fsp3) is 0.458. The Morgan fingerprint density at radius 1 is 0.895 bits per heavy atom. The summed E-state index contributed by atoms with van der Waals surface area (Å²) in [7, 11) is 0. The van der Waals surface area contributed by atoms with Crippen molar-refractivity contribution in [1.82, 2.24) is 10.6 Å². The average Bonchev–Trinajstić information content (AvgIpc) is 2.84. The number of aryl methyl sites for hydroxylation is 1. The monoisotopic (exact) mass is 539 g/mol. The Morgan fingerprint density at radius 2 is 1.50 bits per heavy atom. The van der Waals surface area contributed by atoms with Gasteiger partial charge in [-0.15, -0.1) is 0 Å². The minimum atomic E-state index is -1.59. The molecular formula is C24H34FN5O8. The summed E-state index contributed by atoms with van der Waals surface area (Å²) in [6, 6.07) is 3.99. The van der Waals surface area contributed by atoms with Gasteiger partial charge in [-0.1, -0.05) is 12.1 Å². The fourth-order valence-electron chi connectivity index (χ4n) is 3.31. The second kappa shape index (κ2) is 16.5. The number of nitrogens with one attached hydrogen (secondary N) is 2. The highest BCUT2D eigenvalue weighted by Gasteiger charge is 2.26. The van der Waals surface area contributed by atoms with Crippen LogP contribution in [0.4, 0.5) is 10.1 Å². The molecule has 210 valence electrons. The van der Waals surface area contributed by atoms with E-state index in [-0.39, 0.29) is 12.8 Å². The first kappa shape index (κ1) is 31.8. The Balaban J connectivity index is 2.55. The van der Waals surface area contributed by atoms with Gasteiger partial charge < -0.3 is 31.7 Å². The number of hydrazine groups is 1. The lowest BCUT2D eigenvalue weighted by Gasteiger charge is -2.17. The van der Waals surface area contributed by atoms with Crippen molar-refractivity contribution in [3.05, 3.63) is 41.7 Å². The number of benzene rings is 1. The molecule has 2 amide bonds. The van der Waals surface area contributed by atoms with Gasteiger partial charge in [-0.2, -0.15) is 0 Å². The lowest BCUT2D eigenvalue weighted by Crippen LogP contribution is -2.47. The van der Waals surface area contributed by atoms with Gasteiger partial charge in [-0.3, -0.25) is 23.8 Å². The number of carboxylic acid groups (broad SMARTS) is 3. The summed E-state index contributed by atoms with van der Waals surface area (Å²) in [5.41, 5.74) is 7.76. The van der Waals surface area contributed by atoms with E-state index in [1.54, 1.807) is 24.3 Å². The third-order valence-electron chi connectivity index (χ3n) is 5.31. The summed E-state index contributed by atoms with van der Waals surface area (Å²) in [6.07, 6.45) is 1.44. The van der Waals surface area contributed by atoms with Crippen LogP contribution in [-0.2, 0) is 30.4 Å². The lowest BCUT2D eigenvalue weighted by atomic mass is 10.1. The Kier molecular flexibility index (Phi) is 13.8. The van der Waals surface area contributed by atoms with E-state index >= 15 is 0 Å². The van der Waals surface area contributed by atoms with Crippen LogP contribution >= 0.6 is 0 Å². The minimum absolute atomic E-state index is 0.0274.